The summed E-state index contributed by atoms with van der Waals surface area (Å²) in [5.41, 5.74) is -1.33. The molecule has 0 atom stereocenters. The topological polar surface area (TPSA) is 45.8 Å². The minimum Gasteiger partial charge on any atom is -0.322 e. The van der Waals surface area contributed by atoms with Crippen LogP contribution in [0.2, 0.25) is 0 Å². The maximum atomic E-state index is 12.3. The van der Waals surface area contributed by atoms with E-state index < -0.39 is 17.4 Å². The zero-order valence-corrected chi connectivity index (χ0v) is 7.30. The lowest BCUT2D eigenvalue weighted by Crippen LogP contribution is -2.09. The minimum atomic E-state index is -4.50. The van der Waals surface area contributed by atoms with Gasteiger partial charge in [0.1, 0.15) is 5.69 Å². The summed E-state index contributed by atoms with van der Waals surface area (Å²) >= 11 is 0. The van der Waals surface area contributed by atoms with E-state index in [4.69, 9.17) is 0 Å². The molecular weight excluding hydrogens is 209 g/mol. The highest BCUT2D eigenvalue weighted by Crippen LogP contribution is 2.28. The van der Waals surface area contributed by atoms with Crippen molar-refractivity contribution < 1.29 is 13.2 Å². The Labute approximate surface area is 81.6 Å². The lowest BCUT2D eigenvalue weighted by molar-refractivity contribution is -0.141. The summed E-state index contributed by atoms with van der Waals surface area (Å²) in [6, 6.07) is 3.47. The molecule has 1 N–H and O–H groups in total. The number of aromatic nitrogens is 2. The summed E-state index contributed by atoms with van der Waals surface area (Å²) < 4.78 is 36.8. The number of halogens is 3. The van der Waals surface area contributed by atoms with Gasteiger partial charge in [0, 0.05) is 17.6 Å². The number of nitrogens with zero attached hydrogens (tertiary/aromatic N) is 1. The number of rotatable bonds is 0. The Hall–Kier alpha value is -1.85. The number of alkyl halides is 3. The first-order valence-electron chi connectivity index (χ1n) is 4.03. The van der Waals surface area contributed by atoms with Gasteiger partial charge in [-0.3, -0.25) is 9.78 Å². The molecule has 0 aliphatic rings. The number of nitrogens with one attached hydrogen (secondary N) is 1. The standard InChI is InChI=1S/C9H5F3N2O/c10-9(11,12)7-3-6-5(4-13-7)1-2-8(15)14-6/h1-4H,(H,14,15). The van der Waals surface area contributed by atoms with Crippen molar-refractivity contribution in [3.8, 4) is 0 Å². The predicted octanol–water partition coefficient (Wildman–Crippen LogP) is 1.94. The van der Waals surface area contributed by atoms with E-state index in [9.17, 15) is 18.0 Å². The molecule has 0 unspecified atom stereocenters. The number of fused-ring (bicyclic) bond motifs is 1. The van der Waals surface area contributed by atoms with Crippen molar-refractivity contribution in [2.45, 2.75) is 6.18 Å². The molecule has 2 rings (SSSR count). The molecule has 0 saturated heterocycles. The van der Waals surface area contributed by atoms with Gasteiger partial charge in [0.25, 0.3) is 0 Å². The van der Waals surface area contributed by atoms with Gasteiger partial charge in [-0.15, -0.1) is 0 Å². The summed E-state index contributed by atoms with van der Waals surface area (Å²) in [4.78, 5) is 16.5. The highest BCUT2D eigenvalue weighted by molar-refractivity contribution is 5.77. The maximum Gasteiger partial charge on any atom is 0.433 e. The van der Waals surface area contributed by atoms with Gasteiger partial charge in [-0.05, 0) is 12.1 Å². The second-order valence-corrected chi connectivity index (χ2v) is 2.98. The van der Waals surface area contributed by atoms with Crippen LogP contribution in [0, 0.1) is 0 Å². The van der Waals surface area contributed by atoms with Gasteiger partial charge in [0.05, 0.1) is 5.52 Å². The molecule has 3 nitrogen and oxygen atoms in total. The smallest absolute Gasteiger partial charge is 0.322 e. The van der Waals surface area contributed by atoms with E-state index in [1.54, 1.807) is 0 Å². The van der Waals surface area contributed by atoms with Gasteiger partial charge in [-0.25, -0.2) is 0 Å². The number of pyridine rings is 2. The van der Waals surface area contributed by atoms with E-state index in [1.165, 1.54) is 12.1 Å². The molecule has 0 aliphatic heterocycles. The number of hydrogen-bond acceptors (Lipinski definition) is 2. The summed E-state index contributed by atoms with van der Waals surface area (Å²) in [5.74, 6) is 0. The van der Waals surface area contributed by atoms with Crippen LogP contribution in [0.4, 0.5) is 13.2 Å². The summed E-state index contributed by atoms with van der Waals surface area (Å²) in [5, 5.41) is 0.461. The quantitative estimate of drug-likeness (QED) is 0.728. The van der Waals surface area contributed by atoms with Crippen LogP contribution in [-0.2, 0) is 6.18 Å². The van der Waals surface area contributed by atoms with Crippen LogP contribution in [0.1, 0.15) is 5.69 Å². The minimum absolute atomic E-state index is 0.129. The number of aromatic amines is 1. The molecule has 0 saturated carbocycles. The van der Waals surface area contributed by atoms with E-state index in [-0.39, 0.29) is 5.52 Å². The second kappa shape index (κ2) is 3.08. The molecule has 15 heavy (non-hydrogen) atoms. The van der Waals surface area contributed by atoms with Crippen molar-refractivity contribution in [2.75, 3.05) is 0 Å². The third kappa shape index (κ3) is 1.83. The molecule has 6 heteroatoms. The second-order valence-electron chi connectivity index (χ2n) is 2.98. The van der Waals surface area contributed by atoms with Gasteiger partial charge >= 0.3 is 6.18 Å². The van der Waals surface area contributed by atoms with Crippen molar-refractivity contribution >= 4 is 10.9 Å². The molecule has 0 aromatic carbocycles. The zero-order valence-electron chi connectivity index (χ0n) is 7.30. The van der Waals surface area contributed by atoms with Crippen molar-refractivity contribution in [3.63, 3.8) is 0 Å². The molecule has 0 bridgehead atoms. The molecule has 78 valence electrons. The lowest BCUT2D eigenvalue weighted by atomic mass is 10.2. The number of hydrogen-bond donors (Lipinski definition) is 1. The number of H-pyrrole nitrogens is 1. The van der Waals surface area contributed by atoms with E-state index >= 15 is 0 Å². The maximum absolute atomic E-state index is 12.3. The van der Waals surface area contributed by atoms with Gasteiger partial charge in [-0.2, -0.15) is 13.2 Å². The first-order valence-corrected chi connectivity index (χ1v) is 4.03. The third-order valence-electron chi connectivity index (χ3n) is 1.90. The molecule has 2 heterocycles. The Morgan fingerprint density at radius 1 is 1.27 bits per heavy atom. The first kappa shape index (κ1) is 9.70. The summed E-state index contributed by atoms with van der Waals surface area (Å²) in [6.07, 6.45) is -3.42. The highest BCUT2D eigenvalue weighted by Gasteiger charge is 2.32. The Bertz CT molecular complexity index is 559. The van der Waals surface area contributed by atoms with Gasteiger partial charge < -0.3 is 4.98 Å². The van der Waals surface area contributed by atoms with Crippen LogP contribution < -0.4 is 5.56 Å². The Kier molecular flexibility index (Phi) is 1.99. The molecule has 0 fully saturated rings. The van der Waals surface area contributed by atoms with Crippen LogP contribution in [0.25, 0.3) is 10.9 Å². The van der Waals surface area contributed by atoms with Crippen molar-refractivity contribution in [1.82, 2.24) is 9.97 Å². The fourth-order valence-corrected chi connectivity index (χ4v) is 1.20. The Balaban J connectivity index is 2.70. The molecule has 0 spiro atoms. The van der Waals surface area contributed by atoms with E-state index in [0.29, 0.717) is 5.39 Å². The third-order valence-corrected chi connectivity index (χ3v) is 1.90. The van der Waals surface area contributed by atoms with Gasteiger partial charge in [0.2, 0.25) is 5.56 Å². The van der Waals surface area contributed by atoms with Gasteiger partial charge in [0.15, 0.2) is 0 Å². The molecule has 2 aromatic heterocycles. The SMILES string of the molecule is O=c1ccc2cnc(C(F)(F)F)cc2[nH]1. The van der Waals surface area contributed by atoms with E-state index in [0.717, 1.165) is 12.3 Å². The molecule has 0 amide bonds. The highest BCUT2D eigenvalue weighted by atomic mass is 19.4. The molecule has 0 radical (unpaired) electrons. The van der Waals surface area contributed by atoms with Crippen LogP contribution in [0.5, 0.6) is 0 Å². The predicted molar refractivity (Wildman–Crippen MR) is 47.4 cm³/mol. The van der Waals surface area contributed by atoms with Crippen molar-refractivity contribution in [2.24, 2.45) is 0 Å². The van der Waals surface area contributed by atoms with E-state index in [1.807, 2.05) is 0 Å². The van der Waals surface area contributed by atoms with E-state index in [2.05, 4.69) is 9.97 Å². The summed E-state index contributed by atoms with van der Waals surface area (Å²) in [7, 11) is 0. The van der Waals surface area contributed by atoms with Crippen molar-refractivity contribution in [1.29, 1.82) is 0 Å². The summed E-state index contributed by atoms with van der Waals surface area (Å²) in [6.45, 7) is 0. The van der Waals surface area contributed by atoms with Crippen LogP contribution in [0.3, 0.4) is 0 Å². The van der Waals surface area contributed by atoms with Crippen LogP contribution >= 0.6 is 0 Å². The normalized spacial score (nSPS) is 11.9. The Morgan fingerprint density at radius 3 is 2.67 bits per heavy atom. The average Bonchev–Trinajstić information content (AvgIpc) is 2.15. The fraction of sp³-hybridized carbons (Fsp3) is 0.111. The van der Waals surface area contributed by atoms with Crippen LogP contribution in [0.15, 0.2) is 29.2 Å². The molecular formula is C9H5F3N2O. The molecule has 2 aromatic rings. The average molecular weight is 214 g/mol. The Morgan fingerprint density at radius 2 is 2.00 bits per heavy atom. The monoisotopic (exact) mass is 214 g/mol. The van der Waals surface area contributed by atoms with Crippen molar-refractivity contribution in [3.05, 3.63) is 40.4 Å². The largest absolute Gasteiger partial charge is 0.433 e. The molecule has 0 aliphatic carbocycles. The van der Waals surface area contributed by atoms with Crippen LogP contribution in [-0.4, -0.2) is 9.97 Å². The lowest BCUT2D eigenvalue weighted by Gasteiger charge is -2.05. The fourth-order valence-electron chi connectivity index (χ4n) is 1.20. The zero-order chi connectivity index (χ0) is 11.1. The first-order chi connectivity index (χ1) is 6.97. The van der Waals surface area contributed by atoms with Gasteiger partial charge in [-0.1, -0.05) is 0 Å².